The van der Waals surface area contributed by atoms with Gasteiger partial charge in [-0.05, 0) is 13.3 Å². The first-order valence-corrected chi connectivity index (χ1v) is 4.37. The molecule has 0 aliphatic heterocycles. The monoisotopic (exact) mass is 197 g/mol. The van der Waals surface area contributed by atoms with Crippen LogP contribution in [0.25, 0.3) is 0 Å². The van der Waals surface area contributed by atoms with Crippen molar-refractivity contribution in [1.82, 2.24) is 4.98 Å². The molecule has 5 heteroatoms. The average molecular weight is 197 g/mol. The fraction of sp³-hybridized carbons (Fsp3) is 0.556. The van der Waals surface area contributed by atoms with Crippen LogP contribution in [0.2, 0.25) is 0 Å². The van der Waals surface area contributed by atoms with Gasteiger partial charge in [0.2, 0.25) is 11.7 Å². The standard InChI is InChI=1S/C9H11NO4/c1-4-7(9(11)12)14-8(10-4)5-3-6(5)13-2/h5-6H,3H2,1-2H3,(H,11,12). The van der Waals surface area contributed by atoms with E-state index in [-0.39, 0.29) is 17.8 Å². The largest absolute Gasteiger partial charge is 0.475 e. The van der Waals surface area contributed by atoms with Crippen molar-refractivity contribution in [1.29, 1.82) is 0 Å². The summed E-state index contributed by atoms with van der Waals surface area (Å²) in [6, 6.07) is 0. The Hall–Kier alpha value is -1.36. The van der Waals surface area contributed by atoms with Gasteiger partial charge in [-0.2, -0.15) is 0 Å². The molecule has 0 amide bonds. The molecule has 1 aromatic rings. The highest BCUT2D eigenvalue weighted by Crippen LogP contribution is 2.42. The highest BCUT2D eigenvalue weighted by atomic mass is 16.5. The van der Waals surface area contributed by atoms with Crippen molar-refractivity contribution in [2.45, 2.75) is 25.4 Å². The number of ether oxygens (including phenoxy) is 1. The minimum absolute atomic E-state index is 0.0678. The molecule has 2 unspecified atom stereocenters. The molecule has 1 aliphatic rings. The molecule has 0 saturated heterocycles. The maximum Gasteiger partial charge on any atom is 0.373 e. The molecule has 0 aromatic carbocycles. The summed E-state index contributed by atoms with van der Waals surface area (Å²) < 4.78 is 10.2. The lowest BCUT2D eigenvalue weighted by Crippen LogP contribution is -1.95. The first-order valence-electron chi connectivity index (χ1n) is 4.37. The number of hydrogen-bond donors (Lipinski definition) is 1. The van der Waals surface area contributed by atoms with Gasteiger partial charge < -0.3 is 14.3 Å². The number of carbonyl (C=O) groups is 1. The van der Waals surface area contributed by atoms with Gasteiger partial charge >= 0.3 is 5.97 Å². The number of nitrogens with zero attached hydrogens (tertiary/aromatic N) is 1. The molecule has 2 rings (SSSR count). The van der Waals surface area contributed by atoms with Crippen molar-refractivity contribution in [2.75, 3.05) is 7.11 Å². The Morgan fingerprint density at radius 1 is 1.71 bits per heavy atom. The number of carboxylic acids is 1. The van der Waals surface area contributed by atoms with Gasteiger partial charge in [0, 0.05) is 7.11 Å². The second kappa shape index (κ2) is 3.09. The van der Waals surface area contributed by atoms with E-state index < -0.39 is 5.97 Å². The number of methoxy groups -OCH3 is 1. The van der Waals surface area contributed by atoms with Crippen LogP contribution < -0.4 is 0 Å². The van der Waals surface area contributed by atoms with Gasteiger partial charge in [-0.1, -0.05) is 0 Å². The molecule has 1 aromatic heterocycles. The first-order chi connectivity index (χ1) is 6.63. The van der Waals surface area contributed by atoms with Gasteiger partial charge in [0.05, 0.1) is 17.7 Å². The quantitative estimate of drug-likeness (QED) is 0.787. The Bertz CT molecular complexity index is 371. The predicted molar refractivity (Wildman–Crippen MR) is 46.4 cm³/mol. The highest BCUT2D eigenvalue weighted by molar-refractivity contribution is 5.85. The summed E-state index contributed by atoms with van der Waals surface area (Å²) in [7, 11) is 1.62. The van der Waals surface area contributed by atoms with E-state index in [2.05, 4.69) is 4.98 Å². The Kier molecular flexibility index (Phi) is 2.03. The molecule has 5 nitrogen and oxygen atoms in total. The molecule has 76 valence electrons. The third-order valence-electron chi connectivity index (χ3n) is 2.36. The van der Waals surface area contributed by atoms with Crippen molar-refractivity contribution in [3.63, 3.8) is 0 Å². The smallest absolute Gasteiger partial charge is 0.373 e. The molecule has 0 spiro atoms. The van der Waals surface area contributed by atoms with Crippen LogP contribution in [0.4, 0.5) is 0 Å². The summed E-state index contributed by atoms with van der Waals surface area (Å²) in [5.41, 5.74) is 0.425. The number of carboxylic acid groups (broad SMARTS) is 1. The van der Waals surface area contributed by atoms with E-state index >= 15 is 0 Å². The van der Waals surface area contributed by atoms with Crippen LogP contribution in [0.15, 0.2) is 4.42 Å². The number of aromatic carboxylic acids is 1. The van der Waals surface area contributed by atoms with Crippen LogP contribution in [0.5, 0.6) is 0 Å². The minimum atomic E-state index is -1.07. The van der Waals surface area contributed by atoms with Gasteiger partial charge in [0.25, 0.3) is 0 Å². The fourth-order valence-electron chi connectivity index (χ4n) is 1.47. The molecule has 0 radical (unpaired) electrons. The predicted octanol–water partition coefficient (Wildman–Crippen LogP) is 1.18. The van der Waals surface area contributed by atoms with Crippen LogP contribution in [0, 0.1) is 6.92 Å². The van der Waals surface area contributed by atoms with E-state index in [1.54, 1.807) is 14.0 Å². The minimum Gasteiger partial charge on any atom is -0.475 e. The van der Waals surface area contributed by atoms with Crippen molar-refractivity contribution in [3.8, 4) is 0 Å². The molecule has 2 atom stereocenters. The summed E-state index contributed by atoms with van der Waals surface area (Å²) in [6.45, 7) is 1.63. The zero-order valence-electron chi connectivity index (χ0n) is 7.98. The lowest BCUT2D eigenvalue weighted by atomic mass is 10.4. The molecule has 14 heavy (non-hydrogen) atoms. The van der Waals surface area contributed by atoms with Crippen molar-refractivity contribution >= 4 is 5.97 Å². The summed E-state index contributed by atoms with van der Waals surface area (Å²) in [5.74, 6) is -0.531. The van der Waals surface area contributed by atoms with Crippen LogP contribution in [0.1, 0.15) is 34.5 Å². The number of hydrogen-bond acceptors (Lipinski definition) is 4. The summed E-state index contributed by atoms with van der Waals surface area (Å²) >= 11 is 0. The lowest BCUT2D eigenvalue weighted by molar-refractivity contribution is 0.0658. The van der Waals surface area contributed by atoms with E-state index in [1.165, 1.54) is 0 Å². The molecule has 1 aliphatic carbocycles. The number of oxazole rings is 1. The molecule has 1 heterocycles. The number of aromatic nitrogens is 1. The number of aryl methyl sites for hydroxylation is 1. The zero-order chi connectivity index (χ0) is 10.3. The zero-order valence-corrected chi connectivity index (χ0v) is 7.98. The summed E-state index contributed by atoms with van der Waals surface area (Å²) in [5, 5.41) is 8.74. The van der Waals surface area contributed by atoms with Crippen LogP contribution >= 0.6 is 0 Å². The van der Waals surface area contributed by atoms with E-state index in [0.717, 1.165) is 6.42 Å². The van der Waals surface area contributed by atoms with Crippen LogP contribution in [-0.2, 0) is 4.74 Å². The average Bonchev–Trinajstić information content (AvgIpc) is 2.82. The molecule has 1 fully saturated rings. The second-order valence-electron chi connectivity index (χ2n) is 3.39. The fourth-order valence-corrected chi connectivity index (χ4v) is 1.47. The van der Waals surface area contributed by atoms with Gasteiger partial charge in [-0.3, -0.25) is 0 Å². The van der Waals surface area contributed by atoms with Crippen molar-refractivity contribution in [3.05, 3.63) is 17.3 Å². The van der Waals surface area contributed by atoms with Crippen molar-refractivity contribution < 1.29 is 19.1 Å². The van der Waals surface area contributed by atoms with Gasteiger partial charge in [0.15, 0.2) is 0 Å². The Labute approximate surface area is 80.7 Å². The SMILES string of the molecule is COC1CC1c1nc(C)c(C(=O)O)o1. The third-order valence-corrected chi connectivity index (χ3v) is 2.36. The first kappa shape index (κ1) is 9.21. The Morgan fingerprint density at radius 2 is 2.43 bits per heavy atom. The summed E-state index contributed by atoms with van der Waals surface area (Å²) in [4.78, 5) is 14.7. The maximum absolute atomic E-state index is 10.7. The van der Waals surface area contributed by atoms with Gasteiger partial charge in [-0.25, -0.2) is 9.78 Å². The third kappa shape index (κ3) is 1.39. The van der Waals surface area contributed by atoms with E-state index in [1.807, 2.05) is 0 Å². The maximum atomic E-state index is 10.7. The molecular weight excluding hydrogens is 186 g/mol. The Morgan fingerprint density at radius 3 is 2.86 bits per heavy atom. The van der Waals surface area contributed by atoms with E-state index in [4.69, 9.17) is 14.3 Å². The normalized spacial score (nSPS) is 25.0. The topological polar surface area (TPSA) is 72.6 Å². The van der Waals surface area contributed by atoms with Crippen molar-refractivity contribution in [2.24, 2.45) is 0 Å². The highest BCUT2D eigenvalue weighted by Gasteiger charge is 2.43. The van der Waals surface area contributed by atoms with E-state index in [9.17, 15) is 4.79 Å². The van der Waals surface area contributed by atoms with Crippen LogP contribution in [0.3, 0.4) is 0 Å². The summed E-state index contributed by atoms with van der Waals surface area (Å²) in [6.07, 6.45) is 0.991. The van der Waals surface area contributed by atoms with Crippen LogP contribution in [-0.4, -0.2) is 29.3 Å². The number of rotatable bonds is 3. The van der Waals surface area contributed by atoms with Gasteiger partial charge in [0.1, 0.15) is 0 Å². The second-order valence-corrected chi connectivity index (χ2v) is 3.39. The molecule has 1 N–H and O–H groups in total. The van der Waals surface area contributed by atoms with Gasteiger partial charge in [-0.15, -0.1) is 0 Å². The molecular formula is C9H11NO4. The Balaban J connectivity index is 2.21. The molecule has 0 bridgehead atoms. The van der Waals surface area contributed by atoms with E-state index in [0.29, 0.717) is 11.6 Å². The molecule has 1 saturated carbocycles. The lowest BCUT2D eigenvalue weighted by Gasteiger charge is -1.91.